The van der Waals surface area contributed by atoms with Gasteiger partial charge in [0.15, 0.2) is 0 Å². The summed E-state index contributed by atoms with van der Waals surface area (Å²) in [5.41, 5.74) is 2.34. The minimum atomic E-state index is 0.0217. The van der Waals surface area contributed by atoms with Crippen molar-refractivity contribution in [3.05, 3.63) is 23.8 Å². The Hall–Kier alpha value is -2.48. The van der Waals surface area contributed by atoms with Crippen LogP contribution in [0.4, 0.5) is 0 Å². The van der Waals surface area contributed by atoms with Crippen molar-refractivity contribution in [2.45, 2.75) is 26.3 Å². The molecule has 2 aromatic rings. The molecular formula is C19H26N6O2. The summed E-state index contributed by atoms with van der Waals surface area (Å²) >= 11 is 0. The second-order valence-corrected chi connectivity index (χ2v) is 7.26. The lowest BCUT2D eigenvalue weighted by molar-refractivity contribution is -0.131. The maximum Gasteiger partial charge on any atom is 0.254 e. The van der Waals surface area contributed by atoms with E-state index in [0.29, 0.717) is 25.2 Å². The minimum absolute atomic E-state index is 0.0217. The van der Waals surface area contributed by atoms with Gasteiger partial charge in [-0.1, -0.05) is 5.21 Å². The second kappa shape index (κ2) is 7.64. The summed E-state index contributed by atoms with van der Waals surface area (Å²) < 4.78 is 1.82. The van der Waals surface area contributed by atoms with Gasteiger partial charge in [-0.05, 0) is 38.0 Å². The fourth-order valence-electron chi connectivity index (χ4n) is 3.89. The minimum Gasteiger partial charge on any atom is -0.342 e. The van der Waals surface area contributed by atoms with E-state index >= 15 is 0 Å². The topological polar surface area (TPSA) is 74.6 Å². The van der Waals surface area contributed by atoms with E-state index in [-0.39, 0.29) is 11.8 Å². The Labute approximate surface area is 158 Å². The highest BCUT2D eigenvalue weighted by atomic mass is 16.2. The zero-order valence-electron chi connectivity index (χ0n) is 15.8. The third-order valence-corrected chi connectivity index (χ3v) is 5.54. The van der Waals surface area contributed by atoms with Crippen LogP contribution in [0.2, 0.25) is 0 Å². The highest BCUT2D eigenvalue weighted by Gasteiger charge is 2.26. The number of aromatic nitrogens is 3. The molecule has 27 heavy (non-hydrogen) atoms. The molecule has 8 nitrogen and oxygen atoms in total. The highest BCUT2D eigenvalue weighted by Crippen LogP contribution is 2.16. The van der Waals surface area contributed by atoms with Crippen molar-refractivity contribution in [3.8, 4) is 0 Å². The average molecular weight is 370 g/mol. The van der Waals surface area contributed by atoms with Crippen LogP contribution in [0, 0.1) is 0 Å². The van der Waals surface area contributed by atoms with Gasteiger partial charge in [0.05, 0.1) is 12.1 Å². The van der Waals surface area contributed by atoms with Crippen LogP contribution >= 0.6 is 0 Å². The van der Waals surface area contributed by atoms with Gasteiger partial charge in [0.1, 0.15) is 5.52 Å². The number of rotatable bonds is 4. The molecule has 4 rings (SSSR count). The third-order valence-electron chi connectivity index (χ3n) is 5.54. The van der Waals surface area contributed by atoms with Gasteiger partial charge in [0, 0.05) is 51.4 Å². The number of aryl methyl sites for hydroxylation is 1. The maximum atomic E-state index is 12.8. The standard InChI is InChI=1S/C19H26N6O2/c1-2-25-17-6-5-15(13-16(17)20-21-25)19(27)24-11-9-22(10-12-24)14-18(26)23-7-3-4-8-23/h5-6,13H,2-4,7-12,14H2,1H3. The van der Waals surface area contributed by atoms with E-state index in [1.807, 2.05) is 39.6 Å². The first-order chi connectivity index (χ1) is 13.2. The van der Waals surface area contributed by atoms with E-state index in [9.17, 15) is 9.59 Å². The Balaban J connectivity index is 1.35. The molecule has 0 saturated carbocycles. The fraction of sp³-hybridized carbons (Fsp3) is 0.579. The van der Waals surface area contributed by atoms with Crippen molar-refractivity contribution < 1.29 is 9.59 Å². The fourth-order valence-corrected chi connectivity index (χ4v) is 3.89. The number of fused-ring (bicyclic) bond motifs is 1. The van der Waals surface area contributed by atoms with Gasteiger partial charge < -0.3 is 9.80 Å². The van der Waals surface area contributed by atoms with Crippen molar-refractivity contribution in [1.82, 2.24) is 29.7 Å². The molecule has 0 spiro atoms. The Morgan fingerprint density at radius 1 is 1.00 bits per heavy atom. The first-order valence-electron chi connectivity index (χ1n) is 9.78. The Morgan fingerprint density at radius 2 is 1.74 bits per heavy atom. The van der Waals surface area contributed by atoms with Crippen molar-refractivity contribution >= 4 is 22.8 Å². The third kappa shape index (κ3) is 3.66. The molecule has 0 aliphatic carbocycles. The summed E-state index contributed by atoms with van der Waals surface area (Å²) in [6.45, 7) is 7.78. The zero-order valence-corrected chi connectivity index (χ0v) is 15.8. The normalized spacial score (nSPS) is 18.4. The van der Waals surface area contributed by atoms with Crippen LogP contribution in [-0.4, -0.2) is 87.3 Å². The van der Waals surface area contributed by atoms with E-state index in [0.717, 1.165) is 56.6 Å². The molecule has 1 aromatic carbocycles. The quantitative estimate of drug-likeness (QED) is 0.797. The molecule has 144 valence electrons. The number of benzene rings is 1. The number of hydrogen-bond donors (Lipinski definition) is 0. The molecule has 0 bridgehead atoms. The van der Waals surface area contributed by atoms with Crippen LogP contribution in [-0.2, 0) is 11.3 Å². The molecule has 0 radical (unpaired) electrons. The Kier molecular flexibility index (Phi) is 5.07. The highest BCUT2D eigenvalue weighted by molar-refractivity contribution is 5.97. The van der Waals surface area contributed by atoms with Crippen LogP contribution in [0.15, 0.2) is 18.2 Å². The first-order valence-corrected chi connectivity index (χ1v) is 9.78. The van der Waals surface area contributed by atoms with Gasteiger partial charge in [0.2, 0.25) is 5.91 Å². The number of amides is 2. The van der Waals surface area contributed by atoms with Crippen LogP contribution in [0.5, 0.6) is 0 Å². The predicted molar refractivity (Wildman–Crippen MR) is 101 cm³/mol. The second-order valence-electron chi connectivity index (χ2n) is 7.26. The molecule has 8 heteroatoms. The molecule has 1 aromatic heterocycles. The monoisotopic (exact) mass is 370 g/mol. The number of carbonyl (C=O) groups is 2. The molecule has 2 fully saturated rings. The number of piperazine rings is 1. The Bertz CT molecular complexity index is 834. The lowest BCUT2D eigenvalue weighted by Gasteiger charge is -2.35. The van der Waals surface area contributed by atoms with Crippen molar-refractivity contribution in [2.24, 2.45) is 0 Å². The number of carbonyl (C=O) groups excluding carboxylic acids is 2. The summed E-state index contributed by atoms with van der Waals surface area (Å²) in [4.78, 5) is 31.1. The first kappa shape index (κ1) is 17.9. The molecule has 2 saturated heterocycles. The molecular weight excluding hydrogens is 344 g/mol. The average Bonchev–Trinajstić information content (AvgIpc) is 3.37. The van der Waals surface area contributed by atoms with E-state index < -0.39 is 0 Å². The van der Waals surface area contributed by atoms with Crippen molar-refractivity contribution in [1.29, 1.82) is 0 Å². The molecule has 2 amide bonds. The zero-order chi connectivity index (χ0) is 18.8. The number of hydrogen-bond acceptors (Lipinski definition) is 5. The van der Waals surface area contributed by atoms with Crippen molar-refractivity contribution in [3.63, 3.8) is 0 Å². The van der Waals surface area contributed by atoms with Crippen LogP contribution in [0.1, 0.15) is 30.1 Å². The maximum absolute atomic E-state index is 12.8. The summed E-state index contributed by atoms with van der Waals surface area (Å²) in [6, 6.07) is 5.58. The summed E-state index contributed by atoms with van der Waals surface area (Å²) in [5.74, 6) is 0.241. The lowest BCUT2D eigenvalue weighted by atomic mass is 10.1. The summed E-state index contributed by atoms with van der Waals surface area (Å²) in [7, 11) is 0. The molecule has 2 aliphatic rings. The summed E-state index contributed by atoms with van der Waals surface area (Å²) in [6.07, 6.45) is 2.23. The van der Waals surface area contributed by atoms with Crippen LogP contribution in [0.3, 0.4) is 0 Å². The van der Waals surface area contributed by atoms with E-state index in [1.165, 1.54) is 0 Å². The number of nitrogens with zero attached hydrogens (tertiary/aromatic N) is 6. The van der Waals surface area contributed by atoms with Gasteiger partial charge in [-0.2, -0.15) is 0 Å². The van der Waals surface area contributed by atoms with Gasteiger partial charge in [-0.3, -0.25) is 14.5 Å². The van der Waals surface area contributed by atoms with Crippen LogP contribution in [0.25, 0.3) is 11.0 Å². The smallest absolute Gasteiger partial charge is 0.254 e. The van der Waals surface area contributed by atoms with Gasteiger partial charge in [0.25, 0.3) is 5.91 Å². The van der Waals surface area contributed by atoms with E-state index in [4.69, 9.17) is 0 Å². The summed E-state index contributed by atoms with van der Waals surface area (Å²) in [5, 5.41) is 8.25. The van der Waals surface area contributed by atoms with Crippen LogP contribution < -0.4 is 0 Å². The largest absolute Gasteiger partial charge is 0.342 e. The van der Waals surface area contributed by atoms with Crippen molar-refractivity contribution in [2.75, 3.05) is 45.8 Å². The van der Waals surface area contributed by atoms with Gasteiger partial charge in [-0.15, -0.1) is 5.10 Å². The van der Waals surface area contributed by atoms with E-state index in [2.05, 4.69) is 15.2 Å². The lowest BCUT2D eigenvalue weighted by Crippen LogP contribution is -2.51. The predicted octanol–water partition coefficient (Wildman–Crippen LogP) is 0.831. The van der Waals surface area contributed by atoms with Gasteiger partial charge in [-0.25, -0.2) is 4.68 Å². The number of likely N-dealkylation sites (tertiary alicyclic amines) is 1. The molecule has 3 heterocycles. The SMILES string of the molecule is CCn1nnc2cc(C(=O)N3CCN(CC(=O)N4CCCC4)CC3)ccc21. The molecule has 0 unspecified atom stereocenters. The molecule has 0 N–H and O–H groups in total. The molecule has 0 atom stereocenters. The Morgan fingerprint density at radius 3 is 2.44 bits per heavy atom. The van der Waals surface area contributed by atoms with E-state index in [1.54, 1.807) is 0 Å². The van der Waals surface area contributed by atoms with Gasteiger partial charge >= 0.3 is 0 Å². The molecule has 2 aliphatic heterocycles.